The van der Waals surface area contributed by atoms with Gasteiger partial charge in [-0.3, -0.25) is 14.9 Å². The Morgan fingerprint density at radius 2 is 1.88 bits per heavy atom. The Kier molecular flexibility index (Phi) is 5.38. The van der Waals surface area contributed by atoms with Gasteiger partial charge in [-0.15, -0.1) is 0 Å². The topological polar surface area (TPSA) is 90.8 Å². The highest BCUT2D eigenvalue weighted by molar-refractivity contribution is 6.06. The molecule has 0 atom stereocenters. The third kappa shape index (κ3) is 3.82. The van der Waals surface area contributed by atoms with Gasteiger partial charge in [0.1, 0.15) is 23.5 Å². The zero-order valence-electron chi connectivity index (χ0n) is 13.4. The second kappa shape index (κ2) is 7.66. The van der Waals surface area contributed by atoms with Crippen LogP contribution in [0.2, 0.25) is 0 Å². The van der Waals surface area contributed by atoms with Crippen LogP contribution in [0, 0.1) is 36.5 Å². The van der Waals surface area contributed by atoms with E-state index in [0.29, 0.717) is 11.3 Å². The molecule has 0 saturated carbocycles. The molecule has 120 valence electrons. The largest absolute Gasteiger partial charge is 0.478 e. The molecule has 0 aliphatic heterocycles. The van der Waals surface area contributed by atoms with Gasteiger partial charge < -0.3 is 4.74 Å². The summed E-state index contributed by atoms with van der Waals surface area (Å²) in [5.41, 5.74) is 4.90. The first-order chi connectivity index (χ1) is 11.6. The standard InChI is InChI=1S/C18H16N4O2/c1-13-7-8-14(2)22(13)21-18(23)16(12-20)11-15-5-3-4-6-17(15)24-10-9-19/h3-8,11H,10H2,1-2H3,(H,21,23)/b16-11-. The minimum absolute atomic E-state index is 0.0597. The van der Waals surface area contributed by atoms with E-state index >= 15 is 0 Å². The molecule has 1 amide bonds. The number of rotatable bonds is 5. The Balaban J connectivity index is 2.28. The highest BCUT2D eigenvalue weighted by Crippen LogP contribution is 2.21. The van der Waals surface area contributed by atoms with Crippen molar-refractivity contribution in [3.05, 3.63) is 58.9 Å². The van der Waals surface area contributed by atoms with E-state index in [1.807, 2.05) is 38.1 Å². The molecule has 24 heavy (non-hydrogen) atoms. The first-order valence-corrected chi connectivity index (χ1v) is 7.23. The molecule has 0 spiro atoms. The third-order valence-corrected chi connectivity index (χ3v) is 3.36. The molecule has 2 rings (SSSR count). The van der Waals surface area contributed by atoms with E-state index < -0.39 is 5.91 Å². The molecular formula is C18H16N4O2. The van der Waals surface area contributed by atoms with E-state index in [4.69, 9.17) is 10.00 Å². The molecule has 0 aliphatic carbocycles. The van der Waals surface area contributed by atoms with Crippen molar-refractivity contribution in [3.8, 4) is 17.9 Å². The van der Waals surface area contributed by atoms with Crippen molar-refractivity contribution in [1.29, 1.82) is 10.5 Å². The maximum absolute atomic E-state index is 12.4. The number of para-hydroxylation sites is 1. The van der Waals surface area contributed by atoms with E-state index in [2.05, 4.69) is 5.43 Å². The first-order valence-electron chi connectivity index (χ1n) is 7.23. The normalized spacial score (nSPS) is 10.6. The summed E-state index contributed by atoms with van der Waals surface area (Å²) in [6.45, 7) is 3.60. The van der Waals surface area contributed by atoms with Crippen LogP contribution in [0.1, 0.15) is 17.0 Å². The fourth-order valence-corrected chi connectivity index (χ4v) is 2.15. The molecule has 0 fully saturated rings. The van der Waals surface area contributed by atoms with Crippen LogP contribution in [0.4, 0.5) is 0 Å². The number of aromatic nitrogens is 1. The highest BCUT2D eigenvalue weighted by atomic mass is 16.5. The van der Waals surface area contributed by atoms with E-state index in [-0.39, 0.29) is 12.2 Å². The van der Waals surface area contributed by atoms with Crippen molar-refractivity contribution in [2.24, 2.45) is 0 Å². The number of nitrogens with zero attached hydrogens (tertiary/aromatic N) is 3. The fourth-order valence-electron chi connectivity index (χ4n) is 2.15. The molecule has 0 bridgehead atoms. The van der Waals surface area contributed by atoms with Crippen molar-refractivity contribution in [3.63, 3.8) is 0 Å². The Morgan fingerprint density at radius 1 is 1.21 bits per heavy atom. The van der Waals surface area contributed by atoms with Crippen LogP contribution in [0.25, 0.3) is 6.08 Å². The van der Waals surface area contributed by atoms with E-state index in [9.17, 15) is 10.1 Å². The average molecular weight is 320 g/mol. The molecule has 0 unspecified atom stereocenters. The van der Waals surface area contributed by atoms with Gasteiger partial charge >= 0.3 is 0 Å². The van der Waals surface area contributed by atoms with Crippen molar-refractivity contribution in [1.82, 2.24) is 4.68 Å². The summed E-state index contributed by atoms with van der Waals surface area (Å²) in [5, 5.41) is 17.9. The molecule has 0 saturated heterocycles. The van der Waals surface area contributed by atoms with Crippen LogP contribution < -0.4 is 10.2 Å². The molecule has 1 N–H and O–H groups in total. The fraction of sp³-hybridized carbons (Fsp3) is 0.167. The Bertz CT molecular complexity index is 846. The monoisotopic (exact) mass is 320 g/mol. The average Bonchev–Trinajstić information content (AvgIpc) is 2.90. The van der Waals surface area contributed by atoms with Crippen LogP contribution in [0.5, 0.6) is 5.75 Å². The van der Waals surface area contributed by atoms with Gasteiger partial charge in [0.15, 0.2) is 6.61 Å². The number of ether oxygens (including phenoxy) is 1. The Labute approximate surface area is 140 Å². The Morgan fingerprint density at radius 3 is 2.50 bits per heavy atom. The van der Waals surface area contributed by atoms with Crippen molar-refractivity contribution < 1.29 is 9.53 Å². The maximum Gasteiger partial charge on any atom is 0.280 e. The van der Waals surface area contributed by atoms with Crippen LogP contribution in [-0.4, -0.2) is 17.2 Å². The minimum Gasteiger partial charge on any atom is -0.478 e. The highest BCUT2D eigenvalue weighted by Gasteiger charge is 2.13. The number of carbonyl (C=O) groups excluding carboxylic acids is 1. The smallest absolute Gasteiger partial charge is 0.280 e. The summed E-state index contributed by atoms with van der Waals surface area (Å²) < 4.78 is 6.92. The second-order valence-electron chi connectivity index (χ2n) is 5.05. The zero-order valence-corrected chi connectivity index (χ0v) is 13.4. The quantitative estimate of drug-likeness (QED) is 0.677. The maximum atomic E-state index is 12.4. The zero-order chi connectivity index (χ0) is 17.5. The molecule has 0 radical (unpaired) electrons. The van der Waals surface area contributed by atoms with E-state index in [1.165, 1.54) is 6.08 Å². The summed E-state index contributed by atoms with van der Waals surface area (Å²) in [6, 6.07) is 14.4. The van der Waals surface area contributed by atoms with Gasteiger partial charge in [-0.05, 0) is 38.1 Å². The summed E-state index contributed by atoms with van der Waals surface area (Å²) in [6.07, 6.45) is 1.44. The minimum atomic E-state index is -0.519. The van der Waals surface area contributed by atoms with Gasteiger partial charge in [-0.2, -0.15) is 10.5 Å². The lowest BCUT2D eigenvalue weighted by Gasteiger charge is -2.11. The van der Waals surface area contributed by atoms with Crippen LogP contribution >= 0.6 is 0 Å². The molecular weight excluding hydrogens is 304 g/mol. The predicted octanol–water partition coefficient (Wildman–Crippen LogP) is 2.68. The molecule has 6 heteroatoms. The van der Waals surface area contributed by atoms with Crippen LogP contribution in [0.3, 0.4) is 0 Å². The molecule has 1 aromatic carbocycles. The van der Waals surface area contributed by atoms with Gasteiger partial charge in [-0.1, -0.05) is 18.2 Å². The lowest BCUT2D eigenvalue weighted by Crippen LogP contribution is -2.25. The van der Waals surface area contributed by atoms with E-state index in [1.54, 1.807) is 28.9 Å². The molecule has 6 nitrogen and oxygen atoms in total. The second-order valence-corrected chi connectivity index (χ2v) is 5.05. The summed E-state index contributed by atoms with van der Waals surface area (Å²) in [4.78, 5) is 12.4. The number of nitriles is 2. The van der Waals surface area contributed by atoms with Gasteiger partial charge in [0.2, 0.25) is 0 Å². The summed E-state index contributed by atoms with van der Waals surface area (Å²) in [7, 11) is 0. The number of nitrogens with one attached hydrogen (secondary N) is 1. The lowest BCUT2D eigenvalue weighted by molar-refractivity contribution is -0.113. The van der Waals surface area contributed by atoms with Gasteiger partial charge in [0, 0.05) is 17.0 Å². The van der Waals surface area contributed by atoms with Crippen molar-refractivity contribution in [2.75, 3.05) is 12.0 Å². The molecule has 0 aliphatic rings. The van der Waals surface area contributed by atoms with Gasteiger partial charge in [0.25, 0.3) is 5.91 Å². The van der Waals surface area contributed by atoms with Crippen molar-refractivity contribution >= 4 is 12.0 Å². The van der Waals surface area contributed by atoms with E-state index in [0.717, 1.165) is 11.4 Å². The number of hydrogen-bond acceptors (Lipinski definition) is 4. The number of carbonyl (C=O) groups is 1. The third-order valence-electron chi connectivity index (χ3n) is 3.36. The number of aryl methyl sites for hydroxylation is 2. The number of benzene rings is 1. The first kappa shape index (κ1) is 16.9. The SMILES string of the molecule is Cc1ccc(C)n1NC(=O)/C(C#N)=C\c1ccccc1OCC#N. The summed E-state index contributed by atoms with van der Waals surface area (Å²) in [5.74, 6) is -0.0806. The number of hydrogen-bond donors (Lipinski definition) is 1. The van der Waals surface area contributed by atoms with Gasteiger partial charge in [0.05, 0.1) is 0 Å². The van der Waals surface area contributed by atoms with Crippen LogP contribution in [-0.2, 0) is 4.79 Å². The predicted molar refractivity (Wildman–Crippen MR) is 89.4 cm³/mol. The van der Waals surface area contributed by atoms with Crippen LogP contribution in [0.15, 0.2) is 42.0 Å². The molecule has 1 heterocycles. The lowest BCUT2D eigenvalue weighted by atomic mass is 10.1. The number of amides is 1. The van der Waals surface area contributed by atoms with Crippen molar-refractivity contribution in [2.45, 2.75) is 13.8 Å². The molecule has 1 aromatic heterocycles. The Hall–Kier alpha value is -3.51. The summed E-state index contributed by atoms with van der Waals surface area (Å²) >= 11 is 0. The molecule has 2 aromatic rings. The van der Waals surface area contributed by atoms with Gasteiger partial charge in [-0.25, -0.2) is 0 Å².